The smallest absolute Gasteiger partial charge is 0.192 e. The molecule has 0 saturated heterocycles. The summed E-state index contributed by atoms with van der Waals surface area (Å²) >= 11 is 6.99. The van der Waals surface area contributed by atoms with Crippen LogP contribution in [0.2, 0.25) is 18.1 Å². The van der Waals surface area contributed by atoms with Crippen molar-refractivity contribution in [1.29, 1.82) is 0 Å². The van der Waals surface area contributed by atoms with Crippen molar-refractivity contribution in [1.82, 2.24) is 0 Å². The third kappa shape index (κ3) is 4.16. The number of halogens is 2. The number of benzene rings is 1. The monoisotopic (exact) mass is 421 g/mol. The quantitative estimate of drug-likeness (QED) is 0.299. The molecule has 0 aliphatic heterocycles. The second kappa shape index (κ2) is 6.73. The molecular weight excluding hydrogens is 402 g/mol. The summed E-state index contributed by atoms with van der Waals surface area (Å²) in [6.45, 7) is 11.7. The van der Waals surface area contributed by atoms with Crippen LogP contribution < -0.4 is 0 Å². The van der Waals surface area contributed by atoms with Gasteiger partial charge in [0.05, 0.1) is 12.8 Å². The van der Waals surface area contributed by atoms with E-state index >= 15 is 0 Å². The first-order chi connectivity index (χ1) is 9.10. The standard InChI is InChI=1S/C14H21Br2NO2Si/c1-14(2,3)20(4,5)19-9-10-6-7-12(15)11(8-17-18)13(10)16/h6-8,18H,9H2,1-5H3/b17-8+. The second-order valence-corrected chi connectivity index (χ2v) is 12.7. The average molecular weight is 423 g/mol. The molecule has 0 radical (unpaired) electrons. The van der Waals surface area contributed by atoms with Crippen LogP contribution in [0.4, 0.5) is 0 Å². The summed E-state index contributed by atoms with van der Waals surface area (Å²) in [5.74, 6) is 0. The van der Waals surface area contributed by atoms with Crippen molar-refractivity contribution in [3.63, 3.8) is 0 Å². The Hall–Kier alpha value is -0.173. The maximum Gasteiger partial charge on any atom is 0.192 e. The SMILES string of the molecule is CC(C)(C)[Si](C)(C)OCc1ccc(Br)c(/C=N/O)c1Br. The van der Waals surface area contributed by atoms with Gasteiger partial charge in [-0.3, -0.25) is 0 Å². The second-order valence-electron chi connectivity index (χ2n) is 6.23. The number of hydrogen-bond acceptors (Lipinski definition) is 3. The van der Waals surface area contributed by atoms with Gasteiger partial charge >= 0.3 is 0 Å². The fourth-order valence-corrected chi connectivity index (χ4v) is 3.59. The van der Waals surface area contributed by atoms with E-state index in [2.05, 4.69) is 70.9 Å². The van der Waals surface area contributed by atoms with Crippen LogP contribution >= 0.6 is 31.9 Å². The third-order valence-corrected chi connectivity index (χ3v) is 9.89. The van der Waals surface area contributed by atoms with Crippen LogP contribution in [0, 0.1) is 0 Å². The summed E-state index contributed by atoms with van der Waals surface area (Å²) in [5, 5.41) is 12.0. The summed E-state index contributed by atoms with van der Waals surface area (Å²) in [7, 11) is -1.78. The lowest BCUT2D eigenvalue weighted by Gasteiger charge is -2.36. The molecule has 1 rings (SSSR count). The zero-order chi connectivity index (χ0) is 15.6. The highest BCUT2D eigenvalue weighted by Crippen LogP contribution is 2.38. The number of hydrogen-bond donors (Lipinski definition) is 1. The minimum atomic E-state index is -1.78. The highest BCUT2D eigenvalue weighted by Gasteiger charge is 2.37. The molecule has 0 saturated carbocycles. The fraction of sp³-hybridized carbons (Fsp3) is 0.500. The van der Waals surface area contributed by atoms with Crippen molar-refractivity contribution >= 4 is 46.4 Å². The van der Waals surface area contributed by atoms with E-state index in [-0.39, 0.29) is 5.04 Å². The van der Waals surface area contributed by atoms with Gasteiger partial charge in [0.2, 0.25) is 0 Å². The van der Waals surface area contributed by atoms with Gasteiger partial charge in [0.15, 0.2) is 8.32 Å². The summed E-state index contributed by atoms with van der Waals surface area (Å²) in [4.78, 5) is 0. The van der Waals surface area contributed by atoms with Crippen LogP contribution in [0.3, 0.4) is 0 Å². The fourth-order valence-electron chi connectivity index (χ4n) is 1.38. The van der Waals surface area contributed by atoms with E-state index in [4.69, 9.17) is 9.63 Å². The number of nitrogens with zero attached hydrogens (tertiary/aromatic N) is 1. The van der Waals surface area contributed by atoms with Gasteiger partial charge in [0, 0.05) is 14.5 Å². The molecular formula is C14H21Br2NO2Si. The molecule has 0 bridgehead atoms. The van der Waals surface area contributed by atoms with Gasteiger partial charge in [0.25, 0.3) is 0 Å². The highest BCUT2D eigenvalue weighted by molar-refractivity contribution is 9.11. The first kappa shape index (κ1) is 17.9. The molecule has 0 amide bonds. The lowest BCUT2D eigenvalue weighted by atomic mass is 10.1. The van der Waals surface area contributed by atoms with Gasteiger partial charge in [-0.05, 0) is 45.7 Å². The molecule has 0 atom stereocenters. The Morgan fingerprint density at radius 3 is 2.40 bits per heavy atom. The topological polar surface area (TPSA) is 41.8 Å². The van der Waals surface area contributed by atoms with Crippen LogP contribution in [0.15, 0.2) is 26.2 Å². The van der Waals surface area contributed by atoms with E-state index in [1.54, 1.807) is 0 Å². The minimum Gasteiger partial charge on any atom is -0.413 e. The number of rotatable bonds is 4. The van der Waals surface area contributed by atoms with E-state index in [1.807, 2.05) is 12.1 Å². The van der Waals surface area contributed by atoms with Crippen LogP contribution in [0.1, 0.15) is 31.9 Å². The summed E-state index contributed by atoms with van der Waals surface area (Å²) in [6.07, 6.45) is 1.41. The molecule has 0 fully saturated rings. The van der Waals surface area contributed by atoms with Crippen molar-refractivity contribution in [2.45, 2.75) is 45.5 Å². The Kier molecular flexibility index (Phi) is 6.01. The molecule has 6 heteroatoms. The van der Waals surface area contributed by atoms with Gasteiger partial charge in [-0.15, -0.1) is 0 Å². The Morgan fingerprint density at radius 1 is 1.30 bits per heavy atom. The summed E-state index contributed by atoms with van der Waals surface area (Å²) < 4.78 is 7.99. The largest absolute Gasteiger partial charge is 0.413 e. The van der Waals surface area contributed by atoms with E-state index in [0.29, 0.717) is 6.61 Å². The predicted octanol–water partition coefficient (Wildman–Crippen LogP) is 5.54. The zero-order valence-corrected chi connectivity index (χ0v) is 16.7. The molecule has 1 aromatic carbocycles. The molecule has 1 aromatic rings. The molecule has 20 heavy (non-hydrogen) atoms. The maximum absolute atomic E-state index is 8.73. The van der Waals surface area contributed by atoms with Crippen molar-refractivity contribution in [3.05, 3.63) is 32.2 Å². The van der Waals surface area contributed by atoms with Crippen LogP contribution in [-0.2, 0) is 11.0 Å². The molecule has 112 valence electrons. The predicted molar refractivity (Wildman–Crippen MR) is 93.2 cm³/mol. The summed E-state index contributed by atoms with van der Waals surface area (Å²) in [5.41, 5.74) is 1.86. The van der Waals surface area contributed by atoms with Crippen molar-refractivity contribution in [3.8, 4) is 0 Å². The Morgan fingerprint density at radius 2 is 1.90 bits per heavy atom. The van der Waals surface area contributed by atoms with Gasteiger partial charge in [-0.2, -0.15) is 0 Å². The maximum atomic E-state index is 8.73. The van der Waals surface area contributed by atoms with Crippen molar-refractivity contribution in [2.75, 3.05) is 0 Å². The van der Waals surface area contributed by atoms with Crippen LogP contribution in [0.5, 0.6) is 0 Å². The molecule has 0 spiro atoms. The van der Waals surface area contributed by atoms with Crippen molar-refractivity contribution in [2.24, 2.45) is 5.16 Å². The average Bonchev–Trinajstić information content (AvgIpc) is 2.32. The Balaban J connectivity index is 2.98. The molecule has 0 aliphatic rings. The molecule has 0 aliphatic carbocycles. The number of oxime groups is 1. The molecule has 0 aromatic heterocycles. The van der Waals surface area contributed by atoms with Crippen molar-refractivity contribution < 1.29 is 9.63 Å². The van der Waals surface area contributed by atoms with Gasteiger partial charge < -0.3 is 9.63 Å². The zero-order valence-electron chi connectivity index (χ0n) is 12.5. The van der Waals surface area contributed by atoms with Crippen LogP contribution in [0.25, 0.3) is 0 Å². The van der Waals surface area contributed by atoms with Gasteiger partial charge in [-0.25, -0.2) is 0 Å². The minimum absolute atomic E-state index is 0.185. The Labute approximate surface area is 138 Å². The van der Waals surface area contributed by atoms with Gasteiger partial charge in [0.1, 0.15) is 0 Å². The van der Waals surface area contributed by atoms with Gasteiger partial charge in [-0.1, -0.05) is 47.9 Å². The Bertz CT molecular complexity index is 511. The normalized spacial score (nSPS) is 13.2. The van der Waals surface area contributed by atoms with E-state index in [9.17, 15) is 0 Å². The lowest BCUT2D eigenvalue weighted by Crippen LogP contribution is -2.40. The third-order valence-electron chi connectivity index (χ3n) is 3.79. The molecule has 1 N–H and O–H groups in total. The summed E-state index contributed by atoms with van der Waals surface area (Å²) in [6, 6.07) is 3.95. The highest BCUT2D eigenvalue weighted by atomic mass is 79.9. The van der Waals surface area contributed by atoms with E-state index < -0.39 is 8.32 Å². The molecule has 0 heterocycles. The molecule has 3 nitrogen and oxygen atoms in total. The molecule has 0 unspecified atom stereocenters. The lowest BCUT2D eigenvalue weighted by molar-refractivity contribution is 0.275. The first-order valence-electron chi connectivity index (χ1n) is 6.38. The van der Waals surface area contributed by atoms with Crippen LogP contribution in [-0.4, -0.2) is 19.7 Å². The first-order valence-corrected chi connectivity index (χ1v) is 10.9. The van der Waals surface area contributed by atoms with E-state index in [0.717, 1.165) is 20.1 Å². The van der Waals surface area contributed by atoms with E-state index in [1.165, 1.54) is 6.21 Å².